The van der Waals surface area contributed by atoms with Gasteiger partial charge in [0.2, 0.25) is 17.7 Å². The number of nitrogens with zero attached hydrogens (tertiary/aromatic N) is 8. The Kier molecular flexibility index (Phi) is 6.49. The van der Waals surface area contributed by atoms with Gasteiger partial charge in [0.25, 0.3) is 0 Å². The second kappa shape index (κ2) is 10.3. The Labute approximate surface area is 224 Å². The van der Waals surface area contributed by atoms with Gasteiger partial charge in [0.05, 0.1) is 11.6 Å². The van der Waals surface area contributed by atoms with Crippen LogP contribution in [0.4, 0.5) is 11.6 Å². The zero-order chi connectivity index (χ0) is 26.9. The fraction of sp³-hybridized carbons (Fsp3) is 0.346. The van der Waals surface area contributed by atoms with E-state index in [4.69, 9.17) is 14.9 Å². The van der Waals surface area contributed by atoms with Gasteiger partial charge in [-0.05, 0) is 50.4 Å². The van der Waals surface area contributed by atoms with Gasteiger partial charge in [-0.2, -0.15) is 14.6 Å². The van der Waals surface area contributed by atoms with Crippen LogP contribution in [-0.4, -0.2) is 86.5 Å². The number of anilines is 2. The minimum atomic E-state index is -0.520. The van der Waals surface area contributed by atoms with Crippen molar-refractivity contribution in [2.45, 2.75) is 13.0 Å². The first-order chi connectivity index (χ1) is 19.0. The molecular formula is C26H30N10O3. The number of benzene rings is 1. The number of nitrogen functional groups attached to an aromatic ring is 1. The standard InChI is InChI=1S/C26H30N10O3/c1-17(25(37)34-12-10-33(11-13-34)18-5-7-19(8-6-18)38-15-9-28-2)35-16-20-22(31-35)30-26(27)36-24(20)29-23(32-36)21-4-3-14-39-21/h3-8,14,16-17,28H,9-13,15H2,1-2H3,(H2,27,30,31). The molecule has 4 aromatic heterocycles. The van der Waals surface area contributed by atoms with E-state index < -0.39 is 6.04 Å². The number of nitrogens with two attached hydrogens (primary N) is 1. The number of furan rings is 1. The van der Waals surface area contributed by atoms with Crippen LogP contribution in [0.5, 0.6) is 5.75 Å². The second-order valence-electron chi connectivity index (χ2n) is 9.40. The highest BCUT2D eigenvalue weighted by Gasteiger charge is 2.27. The summed E-state index contributed by atoms with van der Waals surface area (Å²) in [4.78, 5) is 26.5. The number of rotatable bonds is 8. The quantitative estimate of drug-likeness (QED) is 0.285. The average Bonchev–Trinajstić information content (AvgIpc) is 3.73. The monoisotopic (exact) mass is 530 g/mol. The molecule has 0 aliphatic carbocycles. The molecule has 13 heteroatoms. The maximum absolute atomic E-state index is 13.4. The highest BCUT2D eigenvalue weighted by molar-refractivity contribution is 5.90. The van der Waals surface area contributed by atoms with Gasteiger partial charge >= 0.3 is 0 Å². The zero-order valence-electron chi connectivity index (χ0n) is 21.8. The first-order valence-electron chi connectivity index (χ1n) is 12.9. The predicted octanol–water partition coefficient (Wildman–Crippen LogP) is 1.82. The van der Waals surface area contributed by atoms with Gasteiger partial charge in [0, 0.05) is 44.6 Å². The lowest BCUT2D eigenvalue weighted by atomic mass is 10.2. The van der Waals surface area contributed by atoms with Gasteiger partial charge in [-0.1, -0.05) is 0 Å². The summed E-state index contributed by atoms with van der Waals surface area (Å²) < 4.78 is 14.2. The Morgan fingerprint density at radius 1 is 1.13 bits per heavy atom. The molecule has 202 valence electrons. The number of nitrogens with one attached hydrogen (secondary N) is 1. The van der Waals surface area contributed by atoms with Crippen molar-refractivity contribution < 1.29 is 13.9 Å². The number of fused-ring (bicyclic) bond motifs is 3. The summed E-state index contributed by atoms with van der Waals surface area (Å²) in [5.41, 5.74) is 8.15. The molecular weight excluding hydrogens is 500 g/mol. The number of hydrogen-bond donors (Lipinski definition) is 2. The summed E-state index contributed by atoms with van der Waals surface area (Å²) in [5.74, 6) is 1.92. The van der Waals surface area contributed by atoms with Crippen molar-refractivity contribution in [2.75, 3.05) is 57.0 Å². The van der Waals surface area contributed by atoms with Crippen LogP contribution < -0.4 is 20.7 Å². The van der Waals surface area contributed by atoms with E-state index in [0.29, 0.717) is 48.0 Å². The number of amides is 1. The summed E-state index contributed by atoms with van der Waals surface area (Å²) in [6.07, 6.45) is 3.33. The van der Waals surface area contributed by atoms with E-state index in [1.54, 1.807) is 29.3 Å². The second-order valence-corrected chi connectivity index (χ2v) is 9.40. The molecule has 1 aromatic carbocycles. The van der Waals surface area contributed by atoms with Gasteiger partial charge in [-0.25, -0.2) is 4.98 Å². The average molecular weight is 531 g/mol. The largest absolute Gasteiger partial charge is 0.492 e. The number of aromatic nitrogens is 6. The maximum atomic E-state index is 13.4. The Morgan fingerprint density at radius 3 is 2.64 bits per heavy atom. The molecule has 1 unspecified atom stereocenters. The van der Waals surface area contributed by atoms with Crippen LogP contribution in [0.25, 0.3) is 28.3 Å². The minimum Gasteiger partial charge on any atom is -0.492 e. The summed E-state index contributed by atoms with van der Waals surface area (Å²) in [5, 5.41) is 12.7. The smallest absolute Gasteiger partial charge is 0.247 e. The number of ether oxygens (including phenoxy) is 1. The molecule has 39 heavy (non-hydrogen) atoms. The third-order valence-corrected chi connectivity index (χ3v) is 6.91. The van der Waals surface area contributed by atoms with Crippen LogP contribution in [0.3, 0.4) is 0 Å². The molecule has 1 aliphatic heterocycles. The summed E-state index contributed by atoms with van der Waals surface area (Å²) in [6.45, 7) is 5.99. The first kappa shape index (κ1) is 24.7. The lowest BCUT2D eigenvalue weighted by molar-refractivity contribution is -0.134. The summed E-state index contributed by atoms with van der Waals surface area (Å²) in [6, 6.07) is 11.1. The normalized spacial score (nSPS) is 14.8. The fourth-order valence-corrected chi connectivity index (χ4v) is 4.72. The third-order valence-electron chi connectivity index (χ3n) is 6.91. The molecule has 0 saturated carbocycles. The van der Waals surface area contributed by atoms with E-state index in [0.717, 1.165) is 31.1 Å². The lowest BCUT2D eigenvalue weighted by Crippen LogP contribution is -2.50. The molecule has 1 fully saturated rings. The summed E-state index contributed by atoms with van der Waals surface area (Å²) >= 11 is 0. The molecule has 6 rings (SSSR count). The van der Waals surface area contributed by atoms with Crippen LogP contribution in [0.15, 0.2) is 53.3 Å². The van der Waals surface area contributed by atoms with Gasteiger partial charge in [-0.15, -0.1) is 5.10 Å². The van der Waals surface area contributed by atoms with Crippen molar-refractivity contribution in [1.82, 2.24) is 39.6 Å². The van der Waals surface area contributed by atoms with E-state index in [1.165, 1.54) is 4.52 Å². The molecule has 1 aliphatic rings. The van der Waals surface area contributed by atoms with Gasteiger partial charge in [0.1, 0.15) is 18.4 Å². The van der Waals surface area contributed by atoms with Crippen LogP contribution in [0.1, 0.15) is 13.0 Å². The van der Waals surface area contributed by atoms with E-state index >= 15 is 0 Å². The number of carbonyl (C=O) groups is 1. The van der Waals surface area contributed by atoms with Gasteiger partial charge in [-0.3, -0.25) is 9.48 Å². The van der Waals surface area contributed by atoms with E-state index in [-0.39, 0.29) is 11.9 Å². The molecule has 5 aromatic rings. The fourth-order valence-electron chi connectivity index (χ4n) is 4.72. The number of hydrogen-bond acceptors (Lipinski definition) is 10. The van der Waals surface area contributed by atoms with Crippen molar-refractivity contribution in [2.24, 2.45) is 0 Å². The Bertz CT molecular complexity index is 1580. The van der Waals surface area contributed by atoms with Crippen molar-refractivity contribution in [3.8, 4) is 17.3 Å². The van der Waals surface area contributed by atoms with Crippen LogP contribution in [-0.2, 0) is 4.79 Å². The Morgan fingerprint density at radius 2 is 1.92 bits per heavy atom. The van der Waals surface area contributed by atoms with E-state index in [9.17, 15) is 4.79 Å². The van der Waals surface area contributed by atoms with Crippen molar-refractivity contribution >= 4 is 34.2 Å². The topological polar surface area (TPSA) is 145 Å². The molecule has 0 bridgehead atoms. The molecule has 0 radical (unpaired) electrons. The van der Waals surface area contributed by atoms with Crippen LogP contribution in [0.2, 0.25) is 0 Å². The highest BCUT2D eigenvalue weighted by atomic mass is 16.5. The molecule has 1 amide bonds. The molecule has 3 N–H and O–H groups in total. The zero-order valence-corrected chi connectivity index (χ0v) is 21.8. The molecule has 13 nitrogen and oxygen atoms in total. The van der Waals surface area contributed by atoms with E-state index in [2.05, 4.69) is 42.5 Å². The minimum absolute atomic E-state index is 0.00234. The number of piperazine rings is 1. The first-order valence-corrected chi connectivity index (χ1v) is 12.9. The molecule has 0 spiro atoms. The molecule has 1 saturated heterocycles. The number of carbonyl (C=O) groups excluding carboxylic acids is 1. The third kappa shape index (κ3) is 4.72. The van der Waals surface area contributed by atoms with Crippen molar-refractivity contribution in [3.05, 3.63) is 48.9 Å². The van der Waals surface area contributed by atoms with E-state index in [1.807, 2.05) is 31.0 Å². The van der Waals surface area contributed by atoms with Gasteiger partial charge < -0.3 is 30.0 Å². The lowest BCUT2D eigenvalue weighted by Gasteiger charge is -2.37. The summed E-state index contributed by atoms with van der Waals surface area (Å²) in [7, 11) is 1.90. The molecule has 1 atom stereocenters. The van der Waals surface area contributed by atoms with Crippen LogP contribution in [0, 0.1) is 0 Å². The van der Waals surface area contributed by atoms with Crippen molar-refractivity contribution in [1.29, 1.82) is 0 Å². The van der Waals surface area contributed by atoms with Gasteiger partial charge in [0.15, 0.2) is 17.1 Å². The Balaban J connectivity index is 1.14. The van der Waals surface area contributed by atoms with Crippen LogP contribution >= 0.6 is 0 Å². The predicted molar refractivity (Wildman–Crippen MR) is 146 cm³/mol. The number of likely N-dealkylation sites (N-methyl/N-ethyl adjacent to an activating group) is 1. The van der Waals surface area contributed by atoms with Crippen molar-refractivity contribution in [3.63, 3.8) is 0 Å². The maximum Gasteiger partial charge on any atom is 0.247 e. The highest BCUT2D eigenvalue weighted by Crippen LogP contribution is 2.25. The SMILES string of the molecule is CNCCOc1ccc(N2CCN(C(=O)C(C)n3cc4c(nc(N)n5nc(-c6ccco6)nc45)n3)CC2)cc1. The molecule has 5 heterocycles. The Hall–Kier alpha value is -4.65.